The first-order chi connectivity index (χ1) is 8.04. The van der Waals surface area contributed by atoms with Crippen LogP contribution in [0.2, 0.25) is 0 Å². The van der Waals surface area contributed by atoms with E-state index in [1.54, 1.807) is 6.92 Å². The van der Waals surface area contributed by atoms with Gasteiger partial charge in [0.1, 0.15) is 0 Å². The fraction of sp³-hybridized carbons (Fsp3) is 0.364. The molecule has 1 N–H and O–H groups in total. The SMILES string of the molecule is CCOC(=O)C(O)c1ccc(SC(F)F)cc1. The fourth-order valence-corrected chi connectivity index (χ4v) is 1.69. The van der Waals surface area contributed by atoms with E-state index in [9.17, 15) is 18.7 Å². The zero-order chi connectivity index (χ0) is 12.8. The lowest BCUT2D eigenvalue weighted by molar-refractivity contribution is -0.153. The second kappa shape index (κ2) is 6.56. The number of thioether (sulfide) groups is 1. The van der Waals surface area contributed by atoms with Crippen molar-refractivity contribution >= 4 is 17.7 Å². The molecule has 1 rings (SSSR count). The van der Waals surface area contributed by atoms with Gasteiger partial charge in [-0.05, 0) is 24.6 Å². The number of alkyl halides is 2. The van der Waals surface area contributed by atoms with Gasteiger partial charge in [0.25, 0.3) is 5.76 Å². The number of carbonyl (C=O) groups is 1. The van der Waals surface area contributed by atoms with E-state index in [1.165, 1.54) is 24.3 Å². The quantitative estimate of drug-likeness (QED) is 0.654. The maximum absolute atomic E-state index is 12.0. The molecule has 0 saturated carbocycles. The number of hydrogen-bond acceptors (Lipinski definition) is 4. The summed E-state index contributed by atoms with van der Waals surface area (Å²) in [5.74, 6) is -3.24. The third-order valence-electron chi connectivity index (χ3n) is 1.93. The van der Waals surface area contributed by atoms with Crippen LogP contribution in [-0.2, 0) is 9.53 Å². The van der Waals surface area contributed by atoms with Crippen molar-refractivity contribution in [2.75, 3.05) is 6.61 Å². The van der Waals surface area contributed by atoms with Gasteiger partial charge in [-0.1, -0.05) is 23.9 Å². The van der Waals surface area contributed by atoms with Crippen LogP contribution in [0, 0.1) is 0 Å². The van der Waals surface area contributed by atoms with Crippen molar-refractivity contribution in [1.29, 1.82) is 0 Å². The van der Waals surface area contributed by atoms with E-state index in [-0.39, 0.29) is 6.61 Å². The van der Waals surface area contributed by atoms with Crippen molar-refractivity contribution in [3.05, 3.63) is 29.8 Å². The monoisotopic (exact) mass is 262 g/mol. The number of rotatable bonds is 5. The van der Waals surface area contributed by atoms with Crippen LogP contribution in [0.3, 0.4) is 0 Å². The molecule has 0 aromatic heterocycles. The van der Waals surface area contributed by atoms with Gasteiger partial charge in [-0.3, -0.25) is 0 Å². The highest BCUT2D eigenvalue weighted by Crippen LogP contribution is 2.26. The van der Waals surface area contributed by atoms with Crippen molar-refractivity contribution in [3.63, 3.8) is 0 Å². The number of ether oxygens (including phenoxy) is 1. The van der Waals surface area contributed by atoms with Gasteiger partial charge in [-0.25, -0.2) is 4.79 Å². The standard InChI is InChI=1S/C11H12F2O3S/c1-2-16-10(15)9(14)7-3-5-8(6-4-7)17-11(12)13/h3-6,9,11,14H,2H2,1H3. The minimum absolute atomic E-state index is 0.176. The van der Waals surface area contributed by atoms with E-state index < -0.39 is 17.8 Å². The molecule has 0 aliphatic heterocycles. The van der Waals surface area contributed by atoms with Crippen molar-refractivity contribution in [2.24, 2.45) is 0 Å². The average Bonchev–Trinajstić information content (AvgIpc) is 2.28. The summed E-state index contributed by atoms with van der Waals surface area (Å²) in [6.45, 7) is 1.81. The molecule has 3 nitrogen and oxygen atoms in total. The van der Waals surface area contributed by atoms with Gasteiger partial charge in [-0.2, -0.15) is 8.78 Å². The Morgan fingerprint density at radius 1 is 1.41 bits per heavy atom. The molecule has 1 unspecified atom stereocenters. The highest BCUT2D eigenvalue weighted by Gasteiger charge is 2.18. The van der Waals surface area contributed by atoms with Gasteiger partial charge in [0.2, 0.25) is 0 Å². The minimum atomic E-state index is -2.49. The zero-order valence-corrected chi connectivity index (χ0v) is 9.92. The predicted octanol–water partition coefficient (Wildman–Crippen LogP) is 2.60. The van der Waals surface area contributed by atoms with Crippen LogP contribution in [0.25, 0.3) is 0 Å². The molecule has 0 heterocycles. The lowest BCUT2D eigenvalue weighted by Crippen LogP contribution is -2.15. The molecule has 1 atom stereocenters. The largest absolute Gasteiger partial charge is 0.464 e. The molecule has 94 valence electrons. The van der Waals surface area contributed by atoms with E-state index >= 15 is 0 Å². The van der Waals surface area contributed by atoms with Crippen LogP contribution < -0.4 is 0 Å². The second-order valence-corrected chi connectivity index (χ2v) is 4.17. The summed E-state index contributed by atoms with van der Waals surface area (Å²) < 4.78 is 28.7. The molecular weight excluding hydrogens is 250 g/mol. The summed E-state index contributed by atoms with van der Waals surface area (Å²) >= 11 is 0.406. The van der Waals surface area contributed by atoms with E-state index in [4.69, 9.17) is 0 Å². The van der Waals surface area contributed by atoms with Crippen molar-refractivity contribution in [1.82, 2.24) is 0 Å². The van der Waals surface area contributed by atoms with E-state index in [1.807, 2.05) is 0 Å². The molecule has 17 heavy (non-hydrogen) atoms. The normalized spacial score (nSPS) is 12.5. The summed E-state index contributed by atoms with van der Waals surface area (Å²) in [7, 11) is 0. The number of hydrogen-bond donors (Lipinski definition) is 1. The molecule has 0 aliphatic rings. The maximum atomic E-state index is 12.0. The molecule has 1 aromatic carbocycles. The molecule has 0 saturated heterocycles. The highest BCUT2D eigenvalue weighted by atomic mass is 32.2. The van der Waals surface area contributed by atoms with Crippen molar-refractivity contribution in [2.45, 2.75) is 23.7 Å². The predicted molar refractivity (Wildman–Crippen MR) is 59.9 cm³/mol. The molecule has 0 fully saturated rings. The van der Waals surface area contributed by atoms with Gasteiger partial charge in [0, 0.05) is 4.90 Å². The van der Waals surface area contributed by atoms with Crippen LogP contribution in [0.5, 0.6) is 0 Å². The molecule has 0 radical (unpaired) electrons. The third-order valence-corrected chi connectivity index (χ3v) is 2.65. The third kappa shape index (κ3) is 4.32. The van der Waals surface area contributed by atoms with Crippen LogP contribution >= 0.6 is 11.8 Å². The second-order valence-electron chi connectivity index (χ2n) is 3.10. The van der Waals surface area contributed by atoms with Crippen LogP contribution in [0.15, 0.2) is 29.2 Å². The Morgan fingerprint density at radius 2 is 2.00 bits per heavy atom. The number of benzene rings is 1. The Kier molecular flexibility index (Phi) is 5.37. The lowest BCUT2D eigenvalue weighted by atomic mass is 10.1. The lowest BCUT2D eigenvalue weighted by Gasteiger charge is -2.10. The first-order valence-corrected chi connectivity index (χ1v) is 5.82. The summed E-state index contributed by atoms with van der Waals surface area (Å²) in [5.41, 5.74) is 0.321. The molecule has 6 heteroatoms. The molecule has 0 aliphatic carbocycles. The van der Waals surface area contributed by atoms with E-state index in [0.29, 0.717) is 22.2 Å². The molecule has 1 aromatic rings. The van der Waals surface area contributed by atoms with Crippen molar-refractivity contribution < 1.29 is 23.4 Å². The first-order valence-electron chi connectivity index (χ1n) is 4.94. The number of aliphatic hydroxyl groups is 1. The smallest absolute Gasteiger partial charge is 0.339 e. The van der Waals surface area contributed by atoms with E-state index in [2.05, 4.69) is 4.74 Å². The molecular formula is C11H12F2O3S. The number of halogens is 2. The van der Waals surface area contributed by atoms with Crippen LogP contribution in [0.1, 0.15) is 18.6 Å². The Morgan fingerprint density at radius 3 is 2.47 bits per heavy atom. The molecule has 0 spiro atoms. The Balaban J connectivity index is 2.70. The Hall–Kier alpha value is -1.14. The van der Waals surface area contributed by atoms with Gasteiger partial charge < -0.3 is 9.84 Å². The Bertz CT molecular complexity index is 367. The topological polar surface area (TPSA) is 46.5 Å². The highest BCUT2D eigenvalue weighted by molar-refractivity contribution is 7.99. The van der Waals surface area contributed by atoms with E-state index in [0.717, 1.165) is 0 Å². The summed E-state index contributed by atoms with van der Waals surface area (Å²) in [4.78, 5) is 11.6. The van der Waals surface area contributed by atoms with Crippen LogP contribution in [-0.4, -0.2) is 23.4 Å². The number of esters is 1. The zero-order valence-electron chi connectivity index (χ0n) is 9.10. The van der Waals surface area contributed by atoms with Crippen molar-refractivity contribution in [3.8, 4) is 0 Å². The summed E-state index contributed by atoms with van der Waals surface area (Å²) in [5, 5.41) is 9.56. The van der Waals surface area contributed by atoms with Gasteiger partial charge in [0.05, 0.1) is 6.61 Å². The fourth-order valence-electron chi connectivity index (χ4n) is 1.19. The van der Waals surface area contributed by atoms with Crippen LogP contribution in [0.4, 0.5) is 8.78 Å². The van der Waals surface area contributed by atoms with Gasteiger partial charge in [0.15, 0.2) is 6.10 Å². The Labute approximate surface area is 102 Å². The van der Waals surface area contributed by atoms with Gasteiger partial charge >= 0.3 is 5.97 Å². The molecule has 0 amide bonds. The number of carbonyl (C=O) groups excluding carboxylic acids is 1. The average molecular weight is 262 g/mol. The summed E-state index contributed by atoms with van der Waals surface area (Å²) in [6, 6.07) is 5.70. The minimum Gasteiger partial charge on any atom is -0.464 e. The maximum Gasteiger partial charge on any atom is 0.339 e. The number of aliphatic hydroxyl groups excluding tert-OH is 1. The summed E-state index contributed by atoms with van der Waals surface area (Å²) in [6.07, 6.45) is -1.37. The van der Waals surface area contributed by atoms with Gasteiger partial charge in [-0.15, -0.1) is 0 Å². The first kappa shape index (κ1) is 13.9. The molecule has 0 bridgehead atoms.